The third-order valence-corrected chi connectivity index (χ3v) is 4.23. The molecule has 4 nitrogen and oxygen atoms in total. The Labute approximate surface area is 167 Å². The fraction of sp³-hybridized carbons (Fsp3) is 0.571. The third kappa shape index (κ3) is 12.7. The second-order valence-corrected chi connectivity index (χ2v) is 7.46. The highest BCUT2D eigenvalue weighted by Gasteiger charge is 2.09. The van der Waals surface area contributed by atoms with E-state index in [4.69, 9.17) is 11.1 Å². The lowest BCUT2D eigenvalue weighted by atomic mass is 10.0. The normalized spacial score (nSPS) is 13.9. The van der Waals surface area contributed by atoms with Crippen molar-refractivity contribution >= 4 is 18.5 Å². The van der Waals surface area contributed by atoms with Gasteiger partial charge >= 0.3 is 0 Å². The van der Waals surface area contributed by atoms with E-state index in [1.165, 1.54) is 18.5 Å². The van der Waals surface area contributed by atoms with Gasteiger partial charge in [-0.1, -0.05) is 39.3 Å². The minimum Gasteiger partial charge on any atom is -0.384 e. The fourth-order valence-electron chi connectivity index (χ4n) is 1.97. The van der Waals surface area contributed by atoms with Crippen molar-refractivity contribution in [1.29, 1.82) is 5.41 Å². The first-order chi connectivity index (χ1) is 12.0. The van der Waals surface area contributed by atoms with E-state index in [9.17, 15) is 0 Å². The highest BCUT2D eigenvalue weighted by atomic mass is 32.1. The molecule has 0 amide bonds. The number of rotatable bonds is 9. The highest BCUT2D eigenvalue weighted by molar-refractivity contribution is 7.84. The van der Waals surface area contributed by atoms with Gasteiger partial charge in [0.2, 0.25) is 0 Å². The standard InChI is InChI=1S/C15H27N3S.C6H13N/c1-6-7-8-10(2)12(4)18-13(5)14(15(16)17)9-11(3)19;1-5-6(2)7(3)4/h9-10,18-19H,4,6-8H2,1-3,5H3,(H3,16,17);5H,1-4H3/b11-9-,14-13-;6-5+. The molecule has 1 unspecified atom stereocenters. The number of nitrogens with two attached hydrogens (primary N) is 1. The van der Waals surface area contributed by atoms with Gasteiger partial charge in [0, 0.05) is 36.8 Å². The number of unbranched alkanes of at least 4 members (excludes halogenated alkanes) is 1. The van der Waals surface area contributed by atoms with Crippen LogP contribution in [0.3, 0.4) is 0 Å². The van der Waals surface area contributed by atoms with Gasteiger partial charge in [-0.15, -0.1) is 12.6 Å². The smallest absolute Gasteiger partial charge is 0.124 e. The van der Waals surface area contributed by atoms with Crippen molar-refractivity contribution in [2.24, 2.45) is 11.7 Å². The van der Waals surface area contributed by atoms with Crippen molar-refractivity contribution in [3.63, 3.8) is 0 Å². The molecule has 26 heavy (non-hydrogen) atoms. The molecule has 0 aromatic carbocycles. The summed E-state index contributed by atoms with van der Waals surface area (Å²) in [6, 6.07) is 0. The molecule has 0 aliphatic rings. The molecule has 0 spiro atoms. The quantitative estimate of drug-likeness (QED) is 0.187. The molecule has 0 bridgehead atoms. The van der Waals surface area contributed by atoms with Crippen LogP contribution in [0.4, 0.5) is 0 Å². The molecule has 0 saturated carbocycles. The number of thiol groups is 1. The van der Waals surface area contributed by atoms with Gasteiger partial charge in [-0.2, -0.15) is 0 Å². The summed E-state index contributed by atoms with van der Waals surface area (Å²) in [5, 5.41) is 10.9. The van der Waals surface area contributed by atoms with Crippen LogP contribution < -0.4 is 11.1 Å². The first-order valence-electron chi connectivity index (χ1n) is 9.16. The lowest BCUT2D eigenvalue weighted by molar-refractivity contribution is 0.512. The van der Waals surface area contributed by atoms with Crippen molar-refractivity contribution in [1.82, 2.24) is 10.2 Å². The molecular weight excluding hydrogens is 340 g/mol. The second-order valence-electron chi connectivity index (χ2n) is 6.76. The maximum atomic E-state index is 7.61. The van der Waals surface area contributed by atoms with Crippen LogP contribution in [0, 0.1) is 11.3 Å². The molecule has 0 aliphatic carbocycles. The Balaban J connectivity index is 0. The van der Waals surface area contributed by atoms with Crippen LogP contribution in [0.5, 0.6) is 0 Å². The van der Waals surface area contributed by atoms with Gasteiger partial charge in [0.15, 0.2) is 0 Å². The highest BCUT2D eigenvalue weighted by Crippen LogP contribution is 2.17. The molecule has 0 rings (SSSR count). The number of hydrogen-bond acceptors (Lipinski definition) is 4. The number of nitrogens with one attached hydrogen (secondary N) is 2. The minimum absolute atomic E-state index is 0.0346. The van der Waals surface area contributed by atoms with Crippen molar-refractivity contribution in [2.45, 2.75) is 60.8 Å². The van der Waals surface area contributed by atoms with E-state index in [-0.39, 0.29) is 5.84 Å². The van der Waals surface area contributed by atoms with Gasteiger partial charge in [0.05, 0.1) is 0 Å². The van der Waals surface area contributed by atoms with E-state index in [0.717, 1.165) is 22.7 Å². The Bertz CT molecular complexity index is 538. The largest absolute Gasteiger partial charge is 0.384 e. The molecule has 0 radical (unpaired) electrons. The monoisotopic (exact) mass is 380 g/mol. The summed E-state index contributed by atoms with van der Waals surface area (Å²) in [5.41, 5.74) is 9.37. The van der Waals surface area contributed by atoms with Crippen molar-refractivity contribution in [3.05, 3.63) is 46.3 Å². The Morgan fingerprint density at radius 3 is 2.15 bits per heavy atom. The first-order valence-corrected chi connectivity index (χ1v) is 9.61. The lowest BCUT2D eigenvalue weighted by Gasteiger charge is -2.18. The molecule has 1 atom stereocenters. The van der Waals surface area contributed by atoms with Crippen molar-refractivity contribution < 1.29 is 0 Å². The van der Waals surface area contributed by atoms with Crippen molar-refractivity contribution in [3.8, 4) is 0 Å². The summed E-state index contributed by atoms with van der Waals surface area (Å²) < 4.78 is 0. The Morgan fingerprint density at radius 1 is 1.31 bits per heavy atom. The van der Waals surface area contributed by atoms with Crippen LogP contribution in [0.2, 0.25) is 0 Å². The average Bonchev–Trinajstić information content (AvgIpc) is 2.56. The zero-order chi connectivity index (χ0) is 20.9. The van der Waals surface area contributed by atoms with E-state index >= 15 is 0 Å². The average molecular weight is 381 g/mol. The van der Waals surface area contributed by atoms with Gasteiger partial charge in [0.1, 0.15) is 5.84 Å². The van der Waals surface area contributed by atoms with Gasteiger partial charge in [-0.3, -0.25) is 5.41 Å². The summed E-state index contributed by atoms with van der Waals surface area (Å²) in [6.45, 7) is 16.3. The van der Waals surface area contributed by atoms with Gasteiger partial charge in [0.25, 0.3) is 0 Å². The topological polar surface area (TPSA) is 65.1 Å². The van der Waals surface area contributed by atoms with E-state index < -0.39 is 0 Å². The number of nitrogens with zero attached hydrogens (tertiary/aromatic N) is 1. The summed E-state index contributed by atoms with van der Waals surface area (Å²) in [5.74, 6) is 0.441. The molecule has 0 aromatic rings. The van der Waals surface area contributed by atoms with Crippen LogP contribution in [-0.4, -0.2) is 24.8 Å². The molecule has 0 aromatic heterocycles. The third-order valence-electron chi connectivity index (χ3n) is 4.10. The molecule has 0 fully saturated rings. The van der Waals surface area contributed by atoms with E-state index in [2.05, 4.69) is 56.3 Å². The Hall–Kier alpha value is -1.62. The number of amidine groups is 1. The fourth-order valence-corrected chi connectivity index (χ4v) is 2.10. The second kappa shape index (κ2) is 14.5. The predicted octanol–water partition coefficient (Wildman–Crippen LogP) is 5.43. The molecule has 0 saturated heterocycles. The molecule has 0 aliphatic heterocycles. The maximum Gasteiger partial charge on any atom is 0.124 e. The zero-order valence-corrected chi connectivity index (χ0v) is 18.9. The maximum absolute atomic E-state index is 7.61. The van der Waals surface area contributed by atoms with Gasteiger partial charge < -0.3 is 16.0 Å². The molecule has 4 N–H and O–H groups in total. The Morgan fingerprint density at radius 2 is 1.85 bits per heavy atom. The molecule has 150 valence electrons. The van der Waals surface area contributed by atoms with Gasteiger partial charge in [-0.25, -0.2) is 0 Å². The van der Waals surface area contributed by atoms with Crippen LogP contribution in [0.1, 0.15) is 60.8 Å². The van der Waals surface area contributed by atoms with E-state index in [1.54, 1.807) is 6.08 Å². The van der Waals surface area contributed by atoms with Crippen LogP contribution in [-0.2, 0) is 0 Å². The van der Waals surface area contributed by atoms with Crippen molar-refractivity contribution in [2.75, 3.05) is 14.1 Å². The van der Waals surface area contributed by atoms with Crippen LogP contribution in [0.15, 0.2) is 46.3 Å². The zero-order valence-electron chi connectivity index (χ0n) is 18.0. The number of allylic oxidation sites excluding steroid dienone is 5. The predicted molar refractivity (Wildman–Crippen MR) is 121 cm³/mol. The SMILES string of the molecule is C/C=C(\C)N(C)C.C=C(N/C(C)=C(/C=C(/C)S)C(=N)N)C(C)CCCC. The Kier molecular flexibility index (Phi) is 14.9. The first kappa shape index (κ1) is 26.6. The molecular formula is C21H40N4S. The summed E-state index contributed by atoms with van der Waals surface area (Å²) in [6.07, 6.45) is 7.37. The number of hydrogen-bond donors (Lipinski definition) is 4. The van der Waals surface area contributed by atoms with E-state index in [1.807, 2.05) is 34.9 Å². The van der Waals surface area contributed by atoms with Gasteiger partial charge in [-0.05, 0) is 51.0 Å². The summed E-state index contributed by atoms with van der Waals surface area (Å²) in [7, 11) is 4.07. The molecule has 5 heteroatoms. The molecule has 0 heterocycles. The van der Waals surface area contributed by atoms with Crippen LogP contribution >= 0.6 is 12.6 Å². The summed E-state index contributed by atoms with van der Waals surface area (Å²) >= 11 is 4.23. The van der Waals surface area contributed by atoms with Crippen LogP contribution in [0.25, 0.3) is 0 Å². The lowest BCUT2D eigenvalue weighted by Crippen LogP contribution is -2.22. The van der Waals surface area contributed by atoms with E-state index in [0.29, 0.717) is 11.5 Å². The minimum atomic E-state index is 0.0346. The summed E-state index contributed by atoms with van der Waals surface area (Å²) in [4.78, 5) is 2.90.